The van der Waals surface area contributed by atoms with Crippen molar-refractivity contribution in [3.63, 3.8) is 0 Å². The van der Waals surface area contributed by atoms with E-state index in [9.17, 15) is 34.5 Å². The Morgan fingerprint density at radius 3 is 1.81 bits per heavy atom. The van der Waals surface area contributed by atoms with Gasteiger partial charge in [0, 0.05) is 13.8 Å². The normalized spacial score (nSPS) is 18.0. The summed E-state index contributed by atoms with van der Waals surface area (Å²) >= 11 is 0. The fourth-order valence-electron chi connectivity index (χ4n) is 1.73. The van der Waals surface area contributed by atoms with Gasteiger partial charge in [0.1, 0.15) is 18.3 Å². The van der Waals surface area contributed by atoms with Gasteiger partial charge in [0.25, 0.3) is 11.4 Å². The van der Waals surface area contributed by atoms with Crippen molar-refractivity contribution >= 4 is 23.3 Å². The lowest BCUT2D eigenvalue weighted by molar-refractivity contribution is -0.197. The van der Waals surface area contributed by atoms with E-state index in [4.69, 9.17) is 5.11 Å². The Kier molecular flexibility index (Phi) is 6.77. The summed E-state index contributed by atoms with van der Waals surface area (Å²) in [6, 6.07) is 0. The molecule has 0 radical (unpaired) electrons. The molecule has 0 spiro atoms. The third kappa shape index (κ3) is 3.91. The molecule has 0 saturated carbocycles. The van der Waals surface area contributed by atoms with Crippen LogP contribution in [-0.2, 0) is 23.9 Å². The van der Waals surface area contributed by atoms with Crippen molar-refractivity contribution in [2.45, 2.75) is 44.7 Å². The second kappa shape index (κ2) is 7.36. The molecule has 0 aromatic heterocycles. The minimum atomic E-state index is -2.98. The number of esters is 1. The van der Waals surface area contributed by atoms with Gasteiger partial charge in [-0.25, -0.2) is 0 Å². The smallest absolute Gasteiger partial charge is 0.304 e. The maximum Gasteiger partial charge on any atom is 0.304 e. The Bertz CT molecular complexity index is 444. The summed E-state index contributed by atoms with van der Waals surface area (Å²) in [7, 11) is 0. The lowest BCUT2D eigenvalue weighted by Crippen LogP contribution is -2.65. The highest BCUT2D eigenvalue weighted by molar-refractivity contribution is 6.44. The van der Waals surface area contributed by atoms with E-state index < -0.39 is 53.8 Å². The first-order chi connectivity index (χ1) is 9.52. The molecule has 120 valence electrons. The van der Waals surface area contributed by atoms with Gasteiger partial charge in [-0.2, -0.15) is 0 Å². The summed E-state index contributed by atoms with van der Waals surface area (Å²) in [6.45, 7) is 1.38. The molecular formula is C12H18O9. The number of carbonyl (C=O) groups is 4. The Hall–Kier alpha value is -1.68. The molecule has 0 heterocycles. The van der Waals surface area contributed by atoms with Crippen LogP contribution in [0.4, 0.5) is 0 Å². The Labute approximate surface area is 120 Å². The third-order valence-corrected chi connectivity index (χ3v) is 2.81. The highest BCUT2D eigenvalue weighted by atomic mass is 16.6. The predicted octanol–water partition coefficient (Wildman–Crippen LogP) is -2.89. The maximum absolute atomic E-state index is 11.9. The van der Waals surface area contributed by atoms with Gasteiger partial charge in [-0.05, 0) is 6.92 Å². The molecule has 0 fully saturated rings. The number of aliphatic hydroxyl groups is 4. The van der Waals surface area contributed by atoms with Crippen LogP contribution in [0.1, 0.15) is 20.8 Å². The van der Waals surface area contributed by atoms with Crippen LogP contribution in [0, 0.1) is 0 Å². The molecule has 0 aliphatic rings. The van der Waals surface area contributed by atoms with Crippen LogP contribution in [-0.4, -0.2) is 74.3 Å². The molecule has 0 aromatic rings. The zero-order chi connectivity index (χ0) is 17.0. The summed E-state index contributed by atoms with van der Waals surface area (Å²) in [5, 5.41) is 37.6. The molecule has 4 N–H and O–H groups in total. The molecule has 4 atom stereocenters. The van der Waals surface area contributed by atoms with E-state index in [2.05, 4.69) is 4.74 Å². The molecule has 3 unspecified atom stereocenters. The molecule has 0 saturated heterocycles. The number of rotatable bonds is 8. The molecule has 21 heavy (non-hydrogen) atoms. The number of hydrogen-bond donors (Lipinski definition) is 4. The first-order valence-corrected chi connectivity index (χ1v) is 5.93. The van der Waals surface area contributed by atoms with Crippen LogP contribution in [0.5, 0.6) is 0 Å². The Morgan fingerprint density at radius 2 is 1.52 bits per heavy atom. The standard InChI is InChI=1S/C12H18O9/c1-5(14)10(19)12(6(2)15,21-7(3)16)11(20)9(18)8(17)4-13/h8-9,11,13,17-18,20H,4H2,1-3H3/t8?,9?,11?,12-/m1/s1. The molecule has 9 heteroatoms. The van der Waals surface area contributed by atoms with Crippen molar-refractivity contribution in [3.8, 4) is 0 Å². The predicted molar refractivity (Wildman–Crippen MR) is 66.0 cm³/mol. The van der Waals surface area contributed by atoms with Crippen molar-refractivity contribution in [2.75, 3.05) is 6.61 Å². The summed E-state index contributed by atoms with van der Waals surface area (Å²) < 4.78 is 4.54. The van der Waals surface area contributed by atoms with E-state index in [1.54, 1.807) is 0 Å². The van der Waals surface area contributed by atoms with Gasteiger partial charge in [-0.3, -0.25) is 19.2 Å². The second-order valence-electron chi connectivity index (χ2n) is 4.46. The van der Waals surface area contributed by atoms with Gasteiger partial charge >= 0.3 is 5.97 Å². The minimum Gasteiger partial charge on any atom is -0.440 e. The van der Waals surface area contributed by atoms with Crippen LogP contribution in [0.3, 0.4) is 0 Å². The third-order valence-electron chi connectivity index (χ3n) is 2.81. The number of ether oxygens (including phenoxy) is 1. The minimum absolute atomic E-state index is 0.769. The number of hydrogen-bond acceptors (Lipinski definition) is 9. The number of Topliss-reactive ketones (excluding diaryl/α,β-unsaturated/α-hetero) is 3. The monoisotopic (exact) mass is 306 g/mol. The van der Waals surface area contributed by atoms with Crippen molar-refractivity contribution < 1.29 is 44.3 Å². The fourth-order valence-corrected chi connectivity index (χ4v) is 1.73. The van der Waals surface area contributed by atoms with Crippen LogP contribution in [0.25, 0.3) is 0 Å². The number of aliphatic hydroxyl groups excluding tert-OH is 4. The van der Waals surface area contributed by atoms with E-state index in [0.717, 1.165) is 20.8 Å². The van der Waals surface area contributed by atoms with E-state index in [1.807, 2.05) is 0 Å². The van der Waals surface area contributed by atoms with E-state index in [0.29, 0.717) is 0 Å². The molecule has 0 aliphatic carbocycles. The number of carbonyl (C=O) groups excluding carboxylic acids is 4. The van der Waals surface area contributed by atoms with E-state index >= 15 is 0 Å². The van der Waals surface area contributed by atoms with Crippen molar-refractivity contribution in [3.05, 3.63) is 0 Å². The zero-order valence-corrected chi connectivity index (χ0v) is 11.8. The fraction of sp³-hybridized carbons (Fsp3) is 0.667. The molecule has 0 bridgehead atoms. The van der Waals surface area contributed by atoms with Gasteiger partial charge in [0.2, 0.25) is 0 Å². The average molecular weight is 306 g/mol. The van der Waals surface area contributed by atoms with Crippen LogP contribution in [0.2, 0.25) is 0 Å². The summed E-state index contributed by atoms with van der Waals surface area (Å²) in [4.78, 5) is 46.0. The lowest BCUT2D eigenvalue weighted by atomic mass is 9.81. The van der Waals surface area contributed by atoms with Crippen molar-refractivity contribution in [1.29, 1.82) is 0 Å². The SMILES string of the molecule is CC(=O)O[C@](C(C)=O)(C(=O)C(C)=O)C(O)C(O)C(O)CO. The average Bonchev–Trinajstić information content (AvgIpc) is 2.40. The summed E-state index contributed by atoms with van der Waals surface area (Å²) in [6.07, 6.45) is -6.56. The van der Waals surface area contributed by atoms with Gasteiger partial charge in [-0.1, -0.05) is 0 Å². The van der Waals surface area contributed by atoms with Crippen LogP contribution < -0.4 is 0 Å². The lowest BCUT2D eigenvalue weighted by Gasteiger charge is -2.36. The molecule has 0 rings (SSSR count). The first kappa shape index (κ1) is 19.3. The van der Waals surface area contributed by atoms with Crippen LogP contribution >= 0.6 is 0 Å². The largest absolute Gasteiger partial charge is 0.440 e. The topological polar surface area (TPSA) is 158 Å². The molecule has 0 amide bonds. The zero-order valence-electron chi connectivity index (χ0n) is 11.8. The van der Waals surface area contributed by atoms with Gasteiger partial charge < -0.3 is 25.2 Å². The Morgan fingerprint density at radius 1 is 1.05 bits per heavy atom. The van der Waals surface area contributed by atoms with Gasteiger partial charge in [-0.15, -0.1) is 0 Å². The molecule has 9 nitrogen and oxygen atoms in total. The van der Waals surface area contributed by atoms with Crippen molar-refractivity contribution in [2.24, 2.45) is 0 Å². The number of ketones is 3. The highest BCUT2D eigenvalue weighted by Gasteiger charge is 2.57. The molecular weight excluding hydrogens is 288 g/mol. The van der Waals surface area contributed by atoms with Crippen molar-refractivity contribution in [1.82, 2.24) is 0 Å². The van der Waals surface area contributed by atoms with E-state index in [-0.39, 0.29) is 0 Å². The quantitative estimate of drug-likeness (QED) is 0.210. The summed E-state index contributed by atoms with van der Waals surface area (Å²) in [5.41, 5.74) is -2.98. The Balaban J connectivity index is 5.99. The van der Waals surface area contributed by atoms with Gasteiger partial charge in [0.05, 0.1) is 6.61 Å². The second-order valence-corrected chi connectivity index (χ2v) is 4.46. The summed E-state index contributed by atoms with van der Waals surface area (Å²) in [5.74, 6) is -5.13. The first-order valence-electron chi connectivity index (χ1n) is 5.93. The van der Waals surface area contributed by atoms with Gasteiger partial charge in [0.15, 0.2) is 11.6 Å². The van der Waals surface area contributed by atoms with Crippen LogP contribution in [0.15, 0.2) is 0 Å². The maximum atomic E-state index is 11.9. The molecule has 0 aromatic carbocycles. The highest BCUT2D eigenvalue weighted by Crippen LogP contribution is 2.24. The van der Waals surface area contributed by atoms with E-state index in [1.165, 1.54) is 0 Å². The molecule has 0 aliphatic heterocycles.